The van der Waals surface area contributed by atoms with Crippen LogP contribution in [-0.4, -0.2) is 30.5 Å². The lowest BCUT2D eigenvalue weighted by Crippen LogP contribution is -2.37. The summed E-state index contributed by atoms with van der Waals surface area (Å²) in [5.74, 6) is 0.736. The molecule has 0 N–H and O–H groups in total. The van der Waals surface area contributed by atoms with Crippen LogP contribution in [0.15, 0.2) is 67.3 Å². The number of fused-ring (bicyclic) bond motifs is 1. The summed E-state index contributed by atoms with van der Waals surface area (Å²) in [7, 11) is 0. The lowest BCUT2D eigenvalue weighted by Gasteiger charge is -2.24. The number of hydrogen-bond acceptors (Lipinski definition) is 2. The standard InChI is InChI=1S/C20H21NO2/c1-2-13-21(14-12-16-8-4-3-5-9-16)20(22)18-15-23-19-11-7-6-10-17(18)19/h2-11,18H,1,12-15H2. The van der Waals surface area contributed by atoms with Gasteiger partial charge in [-0.25, -0.2) is 0 Å². The summed E-state index contributed by atoms with van der Waals surface area (Å²) in [5, 5.41) is 0. The molecule has 1 heterocycles. The summed E-state index contributed by atoms with van der Waals surface area (Å²) in [4.78, 5) is 14.8. The minimum atomic E-state index is -0.207. The van der Waals surface area contributed by atoms with Crippen LogP contribution in [0.2, 0.25) is 0 Å². The number of amides is 1. The molecule has 0 saturated heterocycles. The fourth-order valence-corrected chi connectivity index (χ4v) is 2.94. The number of nitrogens with zero attached hydrogens (tertiary/aromatic N) is 1. The lowest BCUT2D eigenvalue weighted by atomic mass is 9.99. The second-order valence-electron chi connectivity index (χ2n) is 5.71. The summed E-state index contributed by atoms with van der Waals surface area (Å²) >= 11 is 0. The van der Waals surface area contributed by atoms with Gasteiger partial charge in [-0.1, -0.05) is 54.6 Å². The van der Waals surface area contributed by atoms with Crippen molar-refractivity contribution in [2.24, 2.45) is 0 Å². The lowest BCUT2D eigenvalue weighted by molar-refractivity contribution is -0.132. The monoisotopic (exact) mass is 307 g/mol. The Morgan fingerprint density at radius 1 is 1.17 bits per heavy atom. The van der Waals surface area contributed by atoms with Gasteiger partial charge in [0.15, 0.2) is 0 Å². The van der Waals surface area contributed by atoms with Gasteiger partial charge in [0.25, 0.3) is 0 Å². The fraction of sp³-hybridized carbons (Fsp3) is 0.250. The first-order valence-electron chi connectivity index (χ1n) is 7.95. The molecule has 3 nitrogen and oxygen atoms in total. The van der Waals surface area contributed by atoms with Crippen molar-refractivity contribution in [2.45, 2.75) is 12.3 Å². The molecule has 0 radical (unpaired) electrons. The first-order chi connectivity index (χ1) is 11.3. The Kier molecular flexibility index (Phi) is 4.77. The van der Waals surface area contributed by atoms with Crippen LogP contribution >= 0.6 is 0 Å². The number of para-hydroxylation sites is 1. The number of carbonyl (C=O) groups excluding carboxylic acids is 1. The maximum atomic E-state index is 12.9. The quantitative estimate of drug-likeness (QED) is 0.765. The summed E-state index contributed by atoms with van der Waals surface area (Å²) in [5.41, 5.74) is 2.23. The Balaban J connectivity index is 1.71. The summed E-state index contributed by atoms with van der Waals surface area (Å²) in [6.45, 7) is 5.46. The third kappa shape index (κ3) is 3.45. The van der Waals surface area contributed by atoms with E-state index in [1.165, 1.54) is 5.56 Å². The van der Waals surface area contributed by atoms with Gasteiger partial charge in [-0.05, 0) is 18.1 Å². The number of benzene rings is 2. The fourth-order valence-electron chi connectivity index (χ4n) is 2.94. The average Bonchev–Trinajstić information content (AvgIpc) is 3.03. The molecule has 23 heavy (non-hydrogen) atoms. The molecule has 1 aliphatic heterocycles. The van der Waals surface area contributed by atoms with Crippen molar-refractivity contribution in [1.82, 2.24) is 4.90 Å². The molecular weight excluding hydrogens is 286 g/mol. The Bertz CT molecular complexity index is 681. The van der Waals surface area contributed by atoms with E-state index < -0.39 is 0 Å². The van der Waals surface area contributed by atoms with E-state index in [0.29, 0.717) is 19.7 Å². The summed E-state index contributed by atoms with van der Waals surface area (Å²) in [6.07, 6.45) is 2.63. The molecule has 1 unspecified atom stereocenters. The van der Waals surface area contributed by atoms with Gasteiger partial charge in [0.2, 0.25) is 5.91 Å². The van der Waals surface area contributed by atoms with Gasteiger partial charge in [-0.15, -0.1) is 6.58 Å². The van der Waals surface area contributed by atoms with Crippen molar-refractivity contribution in [3.05, 3.63) is 78.4 Å². The van der Waals surface area contributed by atoms with E-state index in [0.717, 1.165) is 17.7 Å². The van der Waals surface area contributed by atoms with Crippen molar-refractivity contribution in [3.8, 4) is 5.75 Å². The van der Waals surface area contributed by atoms with Crippen LogP contribution in [-0.2, 0) is 11.2 Å². The number of carbonyl (C=O) groups is 1. The van der Waals surface area contributed by atoms with Crippen molar-refractivity contribution in [1.29, 1.82) is 0 Å². The SMILES string of the molecule is C=CCN(CCc1ccccc1)C(=O)C1COc2ccccc21. The largest absolute Gasteiger partial charge is 0.492 e. The summed E-state index contributed by atoms with van der Waals surface area (Å²) < 4.78 is 5.65. The van der Waals surface area contributed by atoms with E-state index in [1.54, 1.807) is 6.08 Å². The maximum absolute atomic E-state index is 12.9. The molecule has 0 fully saturated rings. The van der Waals surface area contributed by atoms with Gasteiger partial charge >= 0.3 is 0 Å². The van der Waals surface area contributed by atoms with Gasteiger partial charge in [-0.2, -0.15) is 0 Å². The molecule has 2 aromatic carbocycles. The van der Waals surface area contributed by atoms with Crippen LogP contribution in [0.5, 0.6) is 5.75 Å². The number of hydrogen-bond donors (Lipinski definition) is 0. The Hall–Kier alpha value is -2.55. The molecule has 1 aliphatic rings. The molecule has 1 amide bonds. The first kappa shape index (κ1) is 15.3. The molecule has 3 rings (SSSR count). The Morgan fingerprint density at radius 3 is 2.70 bits per heavy atom. The van der Waals surface area contributed by atoms with Gasteiger partial charge in [0.05, 0.1) is 0 Å². The van der Waals surface area contributed by atoms with Gasteiger partial charge in [0, 0.05) is 18.7 Å². The minimum Gasteiger partial charge on any atom is -0.492 e. The van der Waals surface area contributed by atoms with E-state index in [2.05, 4.69) is 18.7 Å². The van der Waals surface area contributed by atoms with E-state index >= 15 is 0 Å². The topological polar surface area (TPSA) is 29.5 Å². The van der Waals surface area contributed by atoms with Crippen LogP contribution in [0, 0.1) is 0 Å². The highest BCUT2D eigenvalue weighted by Crippen LogP contribution is 2.34. The molecule has 3 heteroatoms. The Labute approximate surface area is 137 Å². The molecule has 0 saturated carbocycles. The van der Waals surface area contributed by atoms with Crippen LogP contribution in [0.1, 0.15) is 17.0 Å². The van der Waals surface area contributed by atoms with Crippen molar-refractivity contribution in [3.63, 3.8) is 0 Å². The summed E-state index contributed by atoms with van der Waals surface area (Å²) in [6, 6.07) is 18.0. The van der Waals surface area contributed by atoms with E-state index in [1.807, 2.05) is 47.4 Å². The third-order valence-corrected chi connectivity index (χ3v) is 4.17. The zero-order valence-electron chi connectivity index (χ0n) is 13.2. The van der Waals surface area contributed by atoms with Crippen LogP contribution < -0.4 is 4.74 Å². The second-order valence-corrected chi connectivity index (χ2v) is 5.71. The second kappa shape index (κ2) is 7.14. The highest BCUT2D eigenvalue weighted by Gasteiger charge is 2.32. The molecule has 0 bridgehead atoms. The smallest absolute Gasteiger partial charge is 0.234 e. The predicted molar refractivity (Wildman–Crippen MR) is 91.6 cm³/mol. The number of ether oxygens (including phenoxy) is 1. The zero-order valence-corrected chi connectivity index (χ0v) is 13.2. The van der Waals surface area contributed by atoms with Gasteiger partial charge in [-0.3, -0.25) is 4.79 Å². The van der Waals surface area contributed by atoms with Crippen molar-refractivity contribution < 1.29 is 9.53 Å². The van der Waals surface area contributed by atoms with Crippen molar-refractivity contribution in [2.75, 3.05) is 19.7 Å². The highest BCUT2D eigenvalue weighted by molar-refractivity contribution is 5.85. The minimum absolute atomic E-state index is 0.116. The van der Waals surface area contributed by atoms with E-state index in [9.17, 15) is 4.79 Å². The predicted octanol–water partition coefficient (Wildman–Crippen LogP) is 3.42. The molecule has 0 spiro atoms. The zero-order chi connectivity index (χ0) is 16.1. The van der Waals surface area contributed by atoms with E-state index in [4.69, 9.17) is 4.74 Å². The van der Waals surface area contributed by atoms with Crippen LogP contribution in [0.25, 0.3) is 0 Å². The van der Waals surface area contributed by atoms with Crippen molar-refractivity contribution >= 4 is 5.91 Å². The Morgan fingerprint density at radius 2 is 1.91 bits per heavy atom. The number of rotatable bonds is 6. The molecule has 0 aromatic heterocycles. The molecule has 0 aliphatic carbocycles. The first-order valence-corrected chi connectivity index (χ1v) is 7.95. The van der Waals surface area contributed by atoms with Crippen LogP contribution in [0.4, 0.5) is 0 Å². The maximum Gasteiger partial charge on any atom is 0.234 e. The van der Waals surface area contributed by atoms with Gasteiger partial charge in [0.1, 0.15) is 18.3 Å². The molecular formula is C20H21NO2. The normalized spacial score (nSPS) is 15.6. The average molecular weight is 307 g/mol. The third-order valence-electron chi connectivity index (χ3n) is 4.17. The van der Waals surface area contributed by atoms with Gasteiger partial charge < -0.3 is 9.64 Å². The molecule has 118 valence electrons. The molecule has 1 atom stereocenters. The highest BCUT2D eigenvalue weighted by atomic mass is 16.5. The van der Waals surface area contributed by atoms with Crippen LogP contribution in [0.3, 0.4) is 0 Å². The molecule has 2 aromatic rings. The van der Waals surface area contributed by atoms with E-state index in [-0.39, 0.29) is 11.8 Å².